The van der Waals surface area contributed by atoms with Crippen molar-refractivity contribution in [1.29, 1.82) is 0 Å². The van der Waals surface area contributed by atoms with Crippen molar-refractivity contribution in [3.8, 4) is 0 Å². The Morgan fingerprint density at radius 1 is 1.43 bits per heavy atom. The quantitative estimate of drug-likeness (QED) is 0.837. The van der Waals surface area contributed by atoms with E-state index in [-0.39, 0.29) is 12.5 Å². The lowest BCUT2D eigenvalue weighted by Crippen LogP contribution is -2.33. The number of hydrogen-bond acceptors (Lipinski definition) is 3. The van der Waals surface area contributed by atoms with Crippen LogP contribution in [0.15, 0.2) is 12.5 Å². The van der Waals surface area contributed by atoms with Crippen LogP contribution >= 0.6 is 0 Å². The summed E-state index contributed by atoms with van der Waals surface area (Å²) in [4.78, 5) is 18.2. The molecule has 1 heterocycles. The third kappa shape index (κ3) is 4.84. The smallest absolute Gasteiger partial charge is 0.223 e. The molecule has 1 fully saturated rings. The van der Waals surface area contributed by atoms with Crippen molar-refractivity contribution in [2.75, 3.05) is 13.2 Å². The van der Waals surface area contributed by atoms with Gasteiger partial charge in [-0.2, -0.15) is 0 Å². The predicted molar refractivity (Wildman–Crippen MR) is 81.5 cm³/mol. The maximum Gasteiger partial charge on any atom is 0.223 e. The highest BCUT2D eigenvalue weighted by Crippen LogP contribution is 2.27. The Morgan fingerprint density at radius 3 is 2.81 bits per heavy atom. The molecule has 1 aromatic rings. The number of imidazole rings is 1. The standard InChI is InChI=1S/C16H27N3O2/c1-18-13-17-11-15(18)12-19(9-10-20)16(21)8-7-14-5-3-2-4-6-14/h11,13-14,20H,2-10,12H2,1H3. The fourth-order valence-electron chi connectivity index (χ4n) is 3.11. The lowest BCUT2D eigenvalue weighted by Gasteiger charge is -2.25. The molecule has 1 aliphatic rings. The van der Waals surface area contributed by atoms with Crippen molar-refractivity contribution in [2.45, 2.75) is 51.5 Å². The zero-order chi connectivity index (χ0) is 15.1. The molecular weight excluding hydrogens is 266 g/mol. The van der Waals surface area contributed by atoms with Crippen LogP contribution in [-0.2, 0) is 18.4 Å². The second kappa shape index (κ2) is 8.17. The number of aromatic nitrogens is 2. The van der Waals surface area contributed by atoms with Gasteiger partial charge in [0.15, 0.2) is 0 Å². The molecule has 21 heavy (non-hydrogen) atoms. The van der Waals surface area contributed by atoms with Crippen LogP contribution in [-0.4, -0.2) is 38.6 Å². The van der Waals surface area contributed by atoms with Crippen LogP contribution in [0.25, 0.3) is 0 Å². The van der Waals surface area contributed by atoms with Crippen LogP contribution in [0.3, 0.4) is 0 Å². The lowest BCUT2D eigenvalue weighted by molar-refractivity contribution is -0.132. The van der Waals surface area contributed by atoms with Gasteiger partial charge in [-0.25, -0.2) is 4.98 Å². The number of hydrogen-bond donors (Lipinski definition) is 1. The topological polar surface area (TPSA) is 58.4 Å². The summed E-state index contributed by atoms with van der Waals surface area (Å²) in [7, 11) is 1.92. The summed E-state index contributed by atoms with van der Waals surface area (Å²) >= 11 is 0. The van der Waals surface area contributed by atoms with Gasteiger partial charge in [-0.3, -0.25) is 4.79 Å². The fraction of sp³-hybridized carbons (Fsp3) is 0.750. The Bertz CT molecular complexity index is 438. The molecule has 0 aliphatic heterocycles. The first-order chi connectivity index (χ1) is 10.2. The Balaban J connectivity index is 1.84. The minimum absolute atomic E-state index is 0.00696. The van der Waals surface area contributed by atoms with E-state index in [1.165, 1.54) is 32.1 Å². The highest BCUT2D eigenvalue weighted by atomic mass is 16.3. The largest absolute Gasteiger partial charge is 0.395 e. The number of carbonyl (C=O) groups excluding carboxylic acids is 1. The van der Waals surface area contributed by atoms with Crippen molar-refractivity contribution in [1.82, 2.24) is 14.5 Å². The van der Waals surface area contributed by atoms with Crippen LogP contribution in [0.4, 0.5) is 0 Å². The number of aryl methyl sites for hydroxylation is 1. The van der Waals surface area contributed by atoms with E-state index in [2.05, 4.69) is 4.98 Å². The molecule has 118 valence electrons. The molecule has 0 atom stereocenters. The second-order valence-electron chi connectivity index (χ2n) is 6.08. The second-order valence-corrected chi connectivity index (χ2v) is 6.08. The van der Waals surface area contributed by atoms with Gasteiger partial charge in [0.05, 0.1) is 25.2 Å². The number of aliphatic hydroxyl groups is 1. The summed E-state index contributed by atoms with van der Waals surface area (Å²) in [6.07, 6.45) is 11.6. The number of rotatable bonds is 7. The van der Waals surface area contributed by atoms with Crippen molar-refractivity contribution < 1.29 is 9.90 Å². The molecule has 1 amide bonds. The van der Waals surface area contributed by atoms with Gasteiger partial charge in [0.25, 0.3) is 0 Å². The van der Waals surface area contributed by atoms with Gasteiger partial charge in [0.2, 0.25) is 5.91 Å². The van der Waals surface area contributed by atoms with Gasteiger partial charge in [0, 0.05) is 26.2 Å². The van der Waals surface area contributed by atoms with E-state index in [0.717, 1.165) is 18.0 Å². The monoisotopic (exact) mass is 293 g/mol. The van der Waals surface area contributed by atoms with Crippen molar-refractivity contribution in [3.05, 3.63) is 18.2 Å². The van der Waals surface area contributed by atoms with E-state index in [1.54, 1.807) is 17.4 Å². The van der Waals surface area contributed by atoms with Crippen LogP contribution in [0, 0.1) is 5.92 Å². The molecular formula is C16H27N3O2. The van der Waals surface area contributed by atoms with E-state index >= 15 is 0 Å². The van der Waals surface area contributed by atoms with Crippen LogP contribution in [0.1, 0.15) is 50.6 Å². The number of nitrogens with zero attached hydrogens (tertiary/aromatic N) is 3. The summed E-state index contributed by atoms with van der Waals surface area (Å²) < 4.78 is 1.92. The number of aliphatic hydroxyl groups excluding tert-OH is 1. The Kier molecular flexibility index (Phi) is 6.23. The van der Waals surface area contributed by atoms with E-state index in [9.17, 15) is 9.90 Å². The van der Waals surface area contributed by atoms with Crippen molar-refractivity contribution in [2.24, 2.45) is 13.0 Å². The third-order valence-electron chi connectivity index (χ3n) is 4.48. The molecule has 5 heteroatoms. The zero-order valence-electron chi connectivity index (χ0n) is 13.0. The minimum Gasteiger partial charge on any atom is -0.395 e. The van der Waals surface area contributed by atoms with Crippen molar-refractivity contribution in [3.63, 3.8) is 0 Å². The average Bonchev–Trinajstić information content (AvgIpc) is 2.91. The molecule has 0 bridgehead atoms. The van der Waals surface area contributed by atoms with E-state index in [4.69, 9.17) is 0 Å². The molecule has 0 radical (unpaired) electrons. The first-order valence-electron chi connectivity index (χ1n) is 8.04. The van der Waals surface area contributed by atoms with E-state index in [1.807, 2.05) is 11.6 Å². The average molecular weight is 293 g/mol. The number of amides is 1. The molecule has 5 nitrogen and oxygen atoms in total. The Labute approximate surface area is 127 Å². The van der Waals surface area contributed by atoms with Gasteiger partial charge in [-0.05, 0) is 12.3 Å². The Hall–Kier alpha value is -1.36. The van der Waals surface area contributed by atoms with Gasteiger partial charge in [-0.15, -0.1) is 0 Å². The highest BCUT2D eigenvalue weighted by Gasteiger charge is 2.19. The van der Waals surface area contributed by atoms with Gasteiger partial charge in [0.1, 0.15) is 0 Å². The summed E-state index contributed by atoms with van der Waals surface area (Å²) in [5.74, 6) is 0.867. The maximum atomic E-state index is 12.4. The first-order valence-corrected chi connectivity index (χ1v) is 8.04. The van der Waals surface area contributed by atoms with Crippen LogP contribution in [0.5, 0.6) is 0 Å². The lowest BCUT2D eigenvalue weighted by atomic mass is 9.86. The molecule has 2 rings (SSSR count). The molecule has 1 aromatic heterocycles. The summed E-state index contributed by atoms with van der Waals surface area (Å²) in [6.45, 7) is 0.933. The minimum atomic E-state index is 0.00696. The molecule has 0 spiro atoms. The normalized spacial score (nSPS) is 16.1. The molecule has 1 N–H and O–H groups in total. The molecule has 0 saturated heterocycles. The van der Waals surface area contributed by atoms with Gasteiger partial charge in [-0.1, -0.05) is 32.1 Å². The molecule has 0 unspecified atom stereocenters. The third-order valence-corrected chi connectivity index (χ3v) is 4.48. The van der Waals surface area contributed by atoms with Crippen LogP contribution < -0.4 is 0 Å². The highest BCUT2D eigenvalue weighted by molar-refractivity contribution is 5.76. The number of carbonyl (C=O) groups is 1. The van der Waals surface area contributed by atoms with E-state index in [0.29, 0.717) is 19.5 Å². The summed E-state index contributed by atoms with van der Waals surface area (Å²) in [6, 6.07) is 0. The van der Waals surface area contributed by atoms with E-state index < -0.39 is 0 Å². The van der Waals surface area contributed by atoms with Crippen LogP contribution in [0.2, 0.25) is 0 Å². The summed E-state index contributed by atoms with van der Waals surface area (Å²) in [5.41, 5.74) is 0.995. The predicted octanol–water partition coefficient (Wildman–Crippen LogP) is 2.10. The fourth-order valence-corrected chi connectivity index (χ4v) is 3.11. The zero-order valence-corrected chi connectivity index (χ0v) is 13.0. The first kappa shape index (κ1) is 16.0. The van der Waals surface area contributed by atoms with Gasteiger partial charge < -0.3 is 14.6 Å². The maximum absolute atomic E-state index is 12.4. The Morgan fingerprint density at radius 2 is 2.19 bits per heavy atom. The van der Waals surface area contributed by atoms with Gasteiger partial charge >= 0.3 is 0 Å². The summed E-state index contributed by atoms with van der Waals surface area (Å²) in [5, 5.41) is 9.18. The molecule has 0 aromatic carbocycles. The SMILES string of the molecule is Cn1cncc1CN(CCO)C(=O)CCC1CCCCC1. The molecule has 1 saturated carbocycles. The molecule has 1 aliphatic carbocycles. The van der Waals surface area contributed by atoms with Crippen molar-refractivity contribution >= 4 is 5.91 Å².